The average molecular weight is 234 g/mol. The molecule has 0 spiro atoms. The first kappa shape index (κ1) is 13.4. The van der Waals surface area contributed by atoms with E-state index in [0.29, 0.717) is 0 Å². The van der Waals surface area contributed by atoms with E-state index in [-0.39, 0.29) is 5.78 Å². The van der Waals surface area contributed by atoms with Crippen molar-refractivity contribution in [1.82, 2.24) is 0 Å². The van der Waals surface area contributed by atoms with Crippen LogP contribution in [0.4, 0.5) is 0 Å². The van der Waals surface area contributed by atoms with Gasteiger partial charge in [-0.2, -0.15) is 0 Å². The molecular formula is C14H18O3. The number of ether oxygens (including phenoxy) is 1. The zero-order chi connectivity index (χ0) is 13.1. The van der Waals surface area contributed by atoms with Crippen LogP contribution in [0.25, 0.3) is 0 Å². The third-order valence-corrected chi connectivity index (χ3v) is 3.08. The number of carbonyl (C=O) groups excluding carboxylic acids is 2. The second-order valence-electron chi connectivity index (χ2n) is 4.65. The lowest BCUT2D eigenvalue weighted by Crippen LogP contribution is -2.40. The Balaban J connectivity index is 3.18. The van der Waals surface area contributed by atoms with Crippen LogP contribution in [-0.2, 0) is 19.7 Å². The molecule has 17 heavy (non-hydrogen) atoms. The van der Waals surface area contributed by atoms with Crippen molar-refractivity contribution in [2.45, 2.75) is 26.2 Å². The van der Waals surface area contributed by atoms with Gasteiger partial charge in [0, 0.05) is 5.41 Å². The molecule has 3 nitrogen and oxygen atoms in total. The highest BCUT2D eigenvalue weighted by Crippen LogP contribution is 2.33. The summed E-state index contributed by atoms with van der Waals surface area (Å²) in [5.41, 5.74) is 0.380. The van der Waals surface area contributed by atoms with Crippen LogP contribution in [0.15, 0.2) is 30.3 Å². The first-order valence-electron chi connectivity index (χ1n) is 5.55. The zero-order valence-electron chi connectivity index (χ0n) is 10.7. The van der Waals surface area contributed by atoms with Crippen LogP contribution in [0.1, 0.15) is 26.3 Å². The number of rotatable bonds is 4. The fourth-order valence-electron chi connectivity index (χ4n) is 2.12. The van der Waals surface area contributed by atoms with Crippen molar-refractivity contribution in [2.75, 3.05) is 7.11 Å². The molecule has 0 amide bonds. The minimum atomic E-state index is -0.769. The maximum Gasteiger partial charge on any atom is 0.317 e. The molecule has 3 heteroatoms. The van der Waals surface area contributed by atoms with E-state index >= 15 is 0 Å². The van der Waals surface area contributed by atoms with Gasteiger partial charge in [-0.25, -0.2) is 0 Å². The molecule has 0 aliphatic heterocycles. The molecular weight excluding hydrogens is 216 g/mol. The van der Waals surface area contributed by atoms with E-state index in [1.165, 1.54) is 14.0 Å². The zero-order valence-corrected chi connectivity index (χ0v) is 10.7. The van der Waals surface area contributed by atoms with Crippen molar-refractivity contribution >= 4 is 11.8 Å². The summed E-state index contributed by atoms with van der Waals surface area (Å²) < 4.78 is 4.72. The Morgan fingerprint density at radius 2 is 1.71 bits per heavy atom. The molecule has 92 valence electrons. The van der Waals surface area contributed by atoms with Crippen LogP contribution in [0.2, 0.25) is 0 Å². The number of benzene rings is 1. The van der Waals surface area contributed by atoms with Gasteiger partial charge in [0.25, 0.3) is 0 Å². The van der Waals surface area contributed by atoms with E-state index in [9.17, 15) is 9.59 Å². The maximum atomic E-state index is 11.7. The topological polar surface area (TPSA) is 43.4 Å². The summed E-state index contributed by atoms with van der Waals surface area (Å²) in [6.07, 6.45) is 0. The third-order valence-electron chi connectivity index (χ3n) is 3.08. The molecule has 0 N–H and O–H groups in total. The van der Waals surface area contributed by atoms with Gasteiger partial charge < -0.3 is 4.74 Å². The van der Waals surface area contributed by atoms with Gasteiger partial charge in [0.05, 0.1) is 7.11 Å². The monoisotopic (exact) mass is 234 g/mol. The summed E-state index contributed by atoms with van der Waals surface area (Å²) >= 11 is 0. The summed E-state index contributed by atoms with van der Waals surface area (Å²) in [4.78, 5) is 23.4. The summed E-state index contributed by atoms with van der Waals surface area (Å²) in [6, 6.07) is 9.52. The van der Waals surface area contributed by atoms with Crippen LogP contribution in [0.5, 0.6) is 0 Å². The van der Waals surface area contributed by atoms with Gasteiger partial charge in [-0.1, -0.05) is 44.2 Å². The molecule has 1 aromatic carbocycles. The van der Waals surface area contributed by atoms with Gasteiger partial charge in [-0.3, -0.25) is 9.59 Å². The lowest BCUT2D eigenvalue weighted by Gasteiger charge is -2.31. The van der Waals surface area contributed by atoms with E-state index in [4.69, 9.17) is 4.74 Å². The van der Waals surface area contributed by atoms with Crippen molar-refractivity contribution in [1.29, 1.82) is 0 Å². The summed E-state index contributed by atoms with van der Waals surface area (Å²) in [5.74, 6) is -1.42. The Morgan fingerprint density at radius 1 is 1.18 bits per heavy atom. The number of Topliss-reactive ketones (excluding diaryl/α,β-unsaturated/α-hetero) is 1. The van der Waals surface area contributed by atoms with Crippen LogP contribution < -0.4 is 0 Å². The van der Waals surface area contributed by atoms with Gasteiger partial charge in [0.1, 0.15) is 11.7 Å². The van der Waals surface area contributed by atoms with Gasteiger partial charge in [0.15, 0.2) is 0 Å². The van der Waals surface area contributed by atoms with E-state index in [1.54, 1.807) is 0 Å². The Kier molecular flexibility index (Phi) is 4.05. The first-order chi connectivity index (χ1) is 7.91. The molecule has 0 aromatic heterocycles. The number of carbonyl (C=O) groups is 2. The molecule has 0 aliphatic carbocycles. The predicted molar refractivity (Wildman–Crippen MR) is 65.7 cm³/mol. The summed E-state index contributed by atoms with van der Waals surface area (Å²) in [5, 5.41) is 0. The van der Waals surface area contributed by atoms with Gasteiger partial charge in [0.2, 0.25) is 0 Å². The first-order valence-corrected chi connectivity index (χ1v) is 5.55. The Morgan fingerprint density at radius 3 is 2.12 bits per heavy atom. The molecule has 0 aliphatic rings. The molecule has 0 radical (unpaired) electrons. The van der Waals surface area contributed by atoms with Crippen LogP contribution in [0, 0.1) is 5.92 Å². The lowest BCUT2D eigenvalue weighted by atomic mass is 9.72. The Hall–Kier alpha value is -1.64. The number of hydrogen-bond acceptors (Lipinski definition) is 3. The molecule has 1 aromatic rings. The second-order valence-corrected chi connectivity index (χ2v) is 4.65. The molecule has 0 bridgehead atoms. The fourth-order valence-corrected chi connectivity index (χ4v) is 2.12. The van der Waals surface area contributed by atoms with Crippen LogP contribution >= 0.6 is 0 Å². The standard InChI is InChI=1S/C14H18O3/c1-10(15)12(13(16)17-4)14(2,3)11-8-6-5-7-9-11/h5-9,12H,1-4H3. The summed E-state index contributed by atoms with van der Waals surface area (Å²) in [6.45, 7) is 5.18. The third kappa shape index (κ3) is 2.73. The highest BCUT2D eigenvalue weighted by molar-refractivity contribution is 5.99. The number of methoxy groups -OCH3 is 1. The van der Waals surface area contributed by atoms with Crippen molar-refractivity contribution in [3.63, 3.8) is 0 Å². The molecule has 0 heterocycles. The number of hydrogen-bond donors (Lipinski definition) is 0. The van der Waals surface area contributed by atoms with E-state index in [2.05, 4.69) is 0 Å². The van der Waals surface area contributed by atoms with Crippen molar-refractivity contribution in [3.8, 4) is 0 Å². The SMILES string of the molecule is COC(=O)C(C(C)=O)C(C)(C)c1ccccc1. The fraction of sp³-hybridized carbons (Fsp3) is 0.429. The van der Waals surface area contributed by atoms with Crippen molar-refractivity contribution in [2.24, 2.45) is 5.92 Å². The Labute approximate surface area is 102 Å². The molecule has 0 fully saturated rings. The molecule has 1 unspecified atom stereocenters. The van der Waals surface area contributed by atoms with Crippen LogP contribution in [0.3, 0.4) is 0 Å². The minimum absolute atomic E-state index is 0.175. The van der Waals surface area contributed by atoms with E-state index in [1.807, 2.05) is 44.2 Å². The van der Waals surface area contributed by atoms with Crippen molar-refractivity contribution < 1.29 is 14.3 Å². The Bertz CT molecular complexity index is 407. The molecule has 1 rings (SSSR count). The number of ketones is 1. The predicted octanol–water partition coefficient (Wildman–Crippen LogP) is 2.34. The smallest absolute Gasteiger partial charge is 0.317 e. The quantitative estimate of drug-likeness (QED) is 0.593. The van der Waals surface area contributed by atoms with Gasteiger partial charge >= 0.3 is 5.97 Å². The van der Waals surface area contributed by atoms with E-state index < -0.39 is 17.3 Å². The molecule has 0 saturated heterocycles. The minimum Gasteiger partial charge on any atom is -0.468 e. The van der Waals surface area contributed by atoms with E-state index in [0.717, 1.165) is 5.56 Å². The van der Waals surface area contributed by atoms with Gasteiger partial charge in [-0.05, 0) is 12.5 Å². The average Bonchev–Trinajstić information content (AvgIpc) is 2.29. The largest absolute Gasteiger partial charge is 0.468 e. The highest BCUT2D eigenvalue weighted by Gasteiger charge is 2.40. The maximum absolute atomic E-state index is 11.7. The molecule has 1 atom stereocenters. The lowest BCUT2D eigenvalue weighted by molar-refractivity contribution is -0.151. The van der Waals surface area contributed by atoms with Crippen molar-refractivity contribution in [3.05, 3.63) is 35.9 Å². The highest BCUT2D eigenvalue weighted by atomic mass is 16.5. The second kappa shape index (κ2) is 5.13. The van der Waals surface area contributed by atoms with Crippen LogP contribution in [-0.4, -0.2) is 18.9 Å². The molecule has 0 saturated carbocycles. The summed E-state index contributed by atoms with van der Waals surface area (Å²) in [7, 11) is 1.30. The number of esters is 1. The normalized spacial score (nSPS) is 12.9. The van der Waals surface area contributed by atoms with Gasteiger partial charge in [-0.15, -0.1) is 0 Å².